The number of nitrogens with one attached hydrogen (secondary N) is 1. The first-order valence-electron chi connectivity index (χ1n) is 7.97. The van der Waals surface area contributed by atoms with Crippen molar-refractivity contribution in [3.05, 3.63) is 0 Å². The molecule has 2 rings (SSSR count). The van der Waals surface area contributed by atoms with Crippen molar-refractivity contribution >= 4 is 6.09 Å². The predicted octanol–water partition coefficient (Wildman–Crippen LogP) is 2.24. The molecular weight excluding hydrogens is 256 g/mol. The average Bonchev–Trinajstić information content (AvgIpc) is 2.59. The number of nitrogens with zero attached hydrogens (tertiary/aromatic N) is 1. The zero-order valence-electron chi connectivity index (χ0n) is 12.8. The molecule has 1 unspecified atom stereocenters. The molecule has 0 aromatic rings. The topological polar surface area (TPSA) is 61.8 Å². The molecule has 1 atom stereocenters. The van der Waals surface area contributed by atoms with Crippen LogP contribution in [0.15, 0.2) is 0 Å². The van der Waals surface area contributed by atoms with Crippen molar-refractivity contribution in [2.75, 3.05) is 19.6 Å². The van der Waals surface area contributed by atoms with Crippen LogP contribution in [-0.2, 0) is 4.74 Å². The van der Waals surface area contributed by atoms with Crippen molar-refractivity contribution in [1.82, 2.24) is 10.2 Å². The van der Waals surface area contributed by atoms with E-state index in [-0.39, 0.29) is 6.09 Å². The van der Waals surface area contributed by atoms with Gasteiger partial charge in [0, 0.05) is 19.4 Å². The lowest BCUT2D eigenvalue weighted by Crippen LogP contribution is -2.60. The highest BCUT2D eigenvalue weighted by Gasteiger charge is 2.61. The Kier molecular flexibility index (Phi) is 4.91. The van der Waals surface area contributed by atoms with Crippen LogP contribution in [0.5, 0.6) is 0 Å². The van der Waals surface area contributed by atoms with Crippen LogP contribution >= 0.6 is 0 Å². The normalized spacial score (nSPS) is 28.9. The van der Waals surface area contributed by atoms with Crippen LogP contribution in [-0.4, -0.2) is 47.1 Å². The summed E-state index contributed by atoms with van der Waals surface area (Å²) in [7, 11) is 0. The molecule has 116 valence electrons. The summed E-state index contributed by atoms with van der Waals surface area (Å²) in [6, 6.07) is 0. The van der Waals surface area contributed by atoms with Crippen molar-refractivity contribution in [3.8, 4) is 0 Å². The maximum Gasteiger partial charge on any atom is 0.412 e. The third-order valence-electron chi connectivity index (χ3n) is 4.79. The van der Waals surface area contributed by atoms with Crippen LogP contribution in [0.1, 0.15) is 58.8 Å². The standard InChI is InChI=1S/C15H28N2O3/c1-3-4-5-6-7-12-17-13(18)20-15(14(17,2)19)8-10-16-11-9-15/h16,19H,3-12H2,1-2H3. The van der Waals surface area contributed by atoms with Gasteiger partial charge in [-0.15, -0.1) is 0 Å². The van der Waals surface area contributed by atoms with Gasteiger partial charge in [0.05, 0.1) is 0 Å². The second-order valence-electron chi connectivity index (χ2n) is 6.20. The SMILES string of the molecule is CCCCCCCN1C(=O)OC2(CCNCC2)C1(C)O. The van der Waals surface area contributed by atoms with Gasteiger partial charge in [-0.25, -0.2) is 4.79 Å². The van der Waals surface area contributed by atoms with E-state index in [2.05, 4.69) is 12.2 Å². The number of amides is 1. The molecule has 2 N–H and O–H groups in total. The van der Waals surface area contributed by atoms with Crippen LogP contribution in [0.4, 0.5) is 4.79 Å². The van der Waals surface area contributed by atoms with Crippen LogP contribution < -0.4 is 5.32 Å². The van der Waals surface area contributed by atoms with Crippen molar-refractivity contribution in [1.29, 1.82) is 0 Å². The molecule has 0 bridgehead atoms. The maximum atomic E-state index is 12.1. The van der Waals surface area contributed by atoms with Gasteiger partial charge >= 0.3 is 6.09 Å². The minimum Gasteiger partial charge on any atom is -0.437 e. The molecule has 0 aliphatic carbocycles. The number of aliphatic hydroxyl groups is 1. The summed E-state index contributed by atoms with van der Waals surface area (Å²) in [6.07, 6.45) is 6.66. The third kappa shape index (κ3) is 2.79. The molecule has 2 saturated heterocycles. The highest BCUT2D eigenvalue weighted by atomic mass is 16.6. The maximum absolute atomic E-state index is 12.1. The Morgan fingerprint density at radius 2 is 1.90 bits per heavy atom. The minimum atomic E-state index is -1.18. The average molecular weight is 284 g/mol. The first-order valence-corrected chi connectivity index (χ1v) is 7.97. The number of hydrogen-bond acceptors (Lipinski definition) is 4. The van der Waals surface area contributed by atoms with Gasteiger partial charge in [0.1, 0.15) is 0 Å². The highest BCUT2D eigenvalue weighted by Crippen LogP contribution is 2.43. The summed E-state index contributed by atoms with van der Waals surface area (Å²) in [5, 5.41) is 14.1. The first kappa shape index (κ1) is 15.6. The van der Waals surface area contributed by atoms with Gasteiger partial charge in [-0.05, 0) is 26.4 Å². The molecule has 2 aliphatic rings. The molecule has 0 aromatic carbocycles. The van der Waals surface area contributed by atoms with Gasteiger partial charge in [-0.1, -0.05) is 32.6 Å². The molecule has 2 heterocycles. The van der Waals surface area contributed by atoms with Crippen molar-refractivity contribution in [2.24, 2.45) is 0 Å². The second-order valence-corrected chi connectivity index (χ2v) is 6.20. The van der Waals surface area contributed by atoms with Crippen LogP contribution in [0.3, 0.4) is 0 Å². The third-order valence-corrected chi connectivity index (χ3v) is 4.79. The van der Waals surface area contributed by atoms with E-state index in [1.807, 2.05) is 0 Å². The Morgan fingerprint density at radius 1 is 1.25 bits per heavy atom. The van der Waals surface area contributed by atoms with Crippen LogP contribution in [0.25, 0.3) is 0 Å². The fraction of sp³-hybridized carbons (Fsp3) is 0.933. The van der Waals surface area contributed by atoms with E-state index in [1.165, 1.54) is 24.2 Å². The van der Waals surface area contributed by atoms with Crippen molar-refractivity contribution in [2.45, 2.75) is 70.1 Å². The van der Waals surface area contributed by atoms with E-state index in [1.54, 1.807) is 6.92 Å². The Bertz CT molecular complexity index is 338. The van der Waals surface area contributed by atoms with Crippen LogP contribution in [0.2, 0.25) is 0 Å². The smallest absolute Gasteiger partial charge is 0.412 e. The van der Waals surface area contributed by atoms with Gasteiger partial charge in [-0.2, -0.15) is 0 Å². The fourth-order valence-electron chi connectivity index (χ4n) is 3.33. The molecular formula is C15H28N2O3. The Balaban J connectivity index is 1.93. The highest BCUT2D eigenvalue weighted by molar-refractivity contribution is 5.72. The summed E-state index contributed by atoms with van der Waals surface area (Å²) < 4.78 is 5.59. The Hall–Kier alpha value is -0.810. The lowest BCUT2D eigenvalue weighted by atomic mass is 9.82. The van der Waals surface area contributed by atoms with E-state index >= 15 is 0 Å². The number of carbonyl (C=O) groups is 1. The summed E-state index contributed by atoms with van der Waals surface area (Å²) in [5.41, 5.74) is -1.91. The molecule has 0 radical (unpaired) electrons. The molecule has 5 nitrogen and oxygen atoms in total. The van der Waals surface area contributed by atoms with E-state index in [9.17, 15) is 9.90 Å². The second kappa shape index (κ2) is 6.31. The zero-order chi connectivity index (χ0) is 14.6. The summed E-state index contributed by atoms with van der Waals surface area (Å²) in [6.45, 7) is 6.07. The largest absolute Gasteiger partial charge is 0.437 e. The first-order chi connectivity index (χ1) is 9.53. The number of hydrogen-bond donors (Lipinski definition) is 2. The van der Waals surface area contributed by atoms with E-state index in [0.717, 1.165) is 25.9 Å². The quantitative estimate of drug-likeness (QED) is 0.734. The minimum absolute atomic E-state index is 0.354. The monoisotopic (exact) mass is 284 g/mol. The summed E-state index contributed by atoms with van der Waals surface area (Å²) in [4.78, 5) is 13.6. The predicted molar refractivity (Wildman–Crippen MR) is 77.4 cm³/mol. The lowest BCUT2D eigenvalue weighted by Gasteiger charge is -2.42. The fourth-order valence-corrected chi connectivity index (χ4v) is 3.33. The molecule has 0 aromatic heterocycles. The molecule has 2 aliphatic heterocycles. The number of rotatable bonds is 6. The lowest BCUT2D eigenvalue weighted by molar-refractivity contribution is -0.156. The van der Waals surface area contributed by atoms with E-state index in [4.69, 9.17) is 4.74 Å². The van der Waals surface area contributed by atoms with Gasteiger partial charge < -0.3 is 15.2 Å². The zero-order valence-corrected chi connectivity index (χ0v) is 12.8. The van der Waals surface area contributed by atoms with Crippen LogP contribution in [0, 0.1) is 0 Å². The summed E-state index contributed by atoms with van der Waals surface area (Å²) in [5.74, 6) is 0. The van der Waals surface area contributed by atoms with Gasteiger partial charge in [0.25, 0.3) is 0 Å². The van der Waals surface area contributed by atoms with Gasteiger partial charge in [0.15, 0.2) is 11.3 Å². The van der Waals surface area contributed by atoms with E-state index in [0.29, 0.717) is 19.4 Å². The molecule has 20 heavy (non-hydrogen) atoms. The number of ether oxygens (including phenoxy) is 1. The van der Waals surface area contributed by atoms with Gasteiger partial charge in [-0.3, -0.25) is 4.90 Å². The van der Waals surface area contributed by atoms with E-state index < -0.39 is 11.3 Å². The number of carbonyl (C=O) groups excluding carboxylic acids is 1. The van der Waals surface area contributed by atoms with Crippen molar-refractivity contribution < 1.29 is 14.6 Å². The van der Waals surface area contributed by atoms with Gasteiger partial charge in [0.2, 0.25) is 0 Å². The Morgan fingerprint density at radius 3 is 2.55 bits per heavy atom. The molecule has 1 amide bonds. The molecule has 0 saturated carbocycles. The molecule has 1 spiro atoms. The summed E-state index contributed by atoms with van der Waals surface area (Å²) >= 11 is 0. The van der Waals surface area contributed by atoms with Crippen molar-refractivity contribution in [3.63, 3.8) is 0 Å². The number of unbranched alkanes of at least 4 members (excludes halogenated alkanes) is 4. The Labute approximate surface area is 121 Å². The number of piperidine rings is 1. The molecule has 5 heteroatoms. The molecule has 2 fully saturated rings.